The number of hydrogen-bond acceptors (Lipinski definition) is 3. The van der Waals surface area contributed by atoms with Crippen molar-refractivity contribution in [3.63, 3.8) is 0 Å². The third-order valence-electron chi connectivity index (χ3n) is 2.03. The van der Waals surface area contributed by atoms with Gasteiger partial charge >= 0.3 is 0 Å². The third-order valence-corrected chi connectivity index (χ3v) is 2.03. The third kappa shape index (κ3) is 2.79. The molecule has 4 heteroatoms. The van der Waals surface area contributed by atoms with Crippen LogP contribution in [-0.2, 0) is 14.3 Å². The molecule has 1 heterocycles. The van der Waals surface area contributed by atoms with Crippen molar-refractivity contribution in [2.45, 2.75) is 25.0 Å². The molecule has 1 unspecified atom stereocenters. The Morgan fingerprint density at radius 3 is 3.25 bits per heavy atom. The molecule has 0 aromatic heterocycles. The van der Waals surface area contributed by atoms with Gasteiger partial charge in [0.1, 0.15) is 0 Å². The fourth-order valence-electron chi connectivity index (χ4n) is 1.37. The van der Waals surface area contributed by atoms with Crippen molar-refractivity contribution in [3.05, 3.63) is 0 Å². The first kappa shape index (κ1) is 9.48. The standard InChI is InChI=1S/C8H15NO3/c1-11-3-2-8-4-7(5-12-8)9-6-10/h6-8H,2-5H2,1H3,(H,9,10)/t7-,8?/m1/s1. The van der Waals surface area contributed by atoms with Crippen LogP contribution >= 0.6 is 0 Å². The number of carbonyl (C=O) groups excluding carboxylic acids is 1. The summed E-state index contributed by atoms with van der Waals surface area (Å²) in [7, 11) is 1.68. The molecule has 0 radical (unpaired) electrons. The number of carbonyl (C=O) groups is 1. The molecule has 0 spiro atoms. The van der Waals surface area contributed by atoms with Gasteiger partial charge < -0.3 is 14.8 Å². The Hall–Kier alpha value is -0.610. The van der Waals surface area contributed by atoms with E-state index in [1.807, 2.05) is 0 Å². The lowest BCUT2D eigenvalue weighted by Crippen LogP contribution is -2.27. The summed E-state index contributed by atoms with van der Waals surface area (Å²) >= 11 is 0. The zero-order valence-corrected chi connectivity index (χ0v) is 7.29. The summed E-state index contributed by atoms with van der Waals surface area (Å²) < 4.78 is 10.3. The number of rotatable bonds is 5. The lowest BCUT2D eigenvalue weighted by atomic mass is 10.1. The molecule has 4 nitrogen and oxygen atoms in total. The number of methoxy groups -OCH3 is 1. The Balaban J connectivity index is 2.12. The second-order valence-electron chi connectivity index (χ2n) is 2.95. The number of nitrogens with one attached hydrogen (secondary N) is 1. The van der Waals surface area contributed by atoms with Gasteiger partial charge in [0, 0.05) is 13.7 Å². The minimum absolute atomic E-state index is 0.198. The molecule has 1 aliphatic heterocycles. The Labute approximate surface area is 72.2 Å². The van der Waals surface area contributed by atoms with E-state index < -0.39 is 0 Å². The van der Waals surface area contributed by atoms with Gasteiger partial charge in [-0.05, 0) is 12.8 Å². The van der Waals surface area contributed by atoms with E-state index in [0.29, 0.717) is 6.61 Å². The maximum atomic E-state index is 10.1. The average molecular weight is 173 g/mol. The van der Waals surface area contributed by atoms with Gasteiger partial charge in [0.05, 0.1) is 18.8 Å². The van der Waals surface area contributed by atoms with Crippen LogP contribution in [0.15, 0.2) is 0 Å². The predicted molar refractivity (Wildman–Crippen MR) is 43.8 cm³/mol. The van der Waals surface area contributed by atoms with Gasteiger partial charge in [0.15, 0.2) is 0 Å². The first-order valence-electron chi connectivity index (χ1n) is 4.17. The Kier molecular flexibility index (Phi) is 4.04. The van der Waals surface area contributed by atoms with Gasteiger partial charge in [-0.3, -0.25) is 4.79 Å². The molecule has 1 fully saturated rings. The summed E-state index contributed by atoms with van der Waals surface area (Å²) in [6.45, 7) is 1.35. The largest absolute Gasteiger partial charge is 0.385 e. The van der Waals surface area contributed by atoms with E-state index in [1.165, 1.54) is 0 Å². The number of ether oxygens (including phenoxy) is 2. The predicted octanol–water partition coefficient (Wildman–Crippen LogP) is -0.0736. The zero-order chi connectivity index (χ0) is 8.81. The van der Waals surface area contributed by atoms with Crippen LogP contribution in [0.4, 0.5) is 0 Å². The van der Waals surface area contributed by atoms with Crippen molar-refractivity contribution in [2.75, 3.05) is 20.3 Å². The molecular formula is C8H15NO3. The van der Waals surface area contributed by atoms with Crippen LogP contribution in [0.2, 0.25) is 0 Å². The first-order chi connectivity index (χ1) is 5.86. The normalized spacial score (nSPS) is 28.8. The summed E-state index contributed by atoms with van der Waals surface area (Å²) in [6.07, 6.45) is 2.80. The smallest absolute Gasteiger partial charge is 0.207 e. The highest BCUT2D eigenvalue weighted by atomic mass is 16.5. The van der Waals surface area contributed by atoms with Crippen LogP contribution in [-0.4, -0.2) is 38.9 Å². The van der Waals surface area contributed by atoms with Crippen LogP contribution < -0.4 is 5.32 Å². The van der Waals surface area contributed by atoms with Gasteiger partial charge in [-0.15, -0.1) is 0 Å². The summed E-state index contributed by atoms with van der Waals surface area (Å²) in [5.74, 6) is 0. The SMILES string of the molecule is COCCC1C[C@@H](NC=O)CO1. The van der Waals surface area contributed by atoms with Gasteiger partial charge in [-0.2, -0.15) is 0 Å². The van der Waals surface area contributed by atoms with Gasteiger partial charge in [-0.25, -0.2) is 0 Å². The Bertz CT molecular complexity index is 140. The molecule has 1 rings (SSSR count). The molecule has 70 valence electrons. The van der Waals surface area contributed by atoms with Crippen LogP contribution in [0, 0.1) is 0 Å². The van der Waals surface area contributed by atoms with Crippen molar-refractivity contribution < 1.29 is 14.3 Å². The van der Waals surface area contributed by atoms with Crippen LogP contribution in [0.5, 0.6) is 0 Å². The van der Waals surface area contributed by atoms with E-state index in [-0.39, 0.29) is 12.1 Å². The minimum Gasteiger partial charge on any atom is -0.385 e. The molecule has 0 bridgehead atoms. The van der Waals surface area contributed by atoms with Crippen molar-refractivity contribution in [1.82, 2.24) is 5.32 Å². The quantitative estimate of drug-likeness (QED) is 0.592. The minimum atomic E-state index is 0.198. The highest BCUT2D eigenvalue weighted by molar-refractivity contribution is 5.46. The number of amides is 1. The van der Waals surface area contributed by atoms with E-state index >= 15 is 0 Å². The topological polar surface area (TPSA) is 47.6 Å². The Morgan fingerprint density at radius 1 is 1.75 bits per heavy atom. The van der Waals surface area contributed by atoms with E-state index in [2.05, 4.69) is 5.32 Å². The van der Waals surface area contributed by atoms with Crippen LogP contribution in [0.1, 0.15) is 12.8 Å². The maximum absolute atomic E-state index is 10.1. The highest BCUT2D eigenvalue weighted by Gasteiger charge is 2.24. The summed E-state index contributed by atoms with van der Waals surface area (Å²) in [5, 5.41) is 2.70. The summed E-state index contributed by atoms with van der Waals surface area (Å²) in [4.78, 5) is 10.1. The first-order valence-corrected chi connectivity index (χ1v) is 4.17. The second kappa shape index (κ2) is 5.11. The molecule has 0 aromatic rings. The van der Waals surface area contributed by atoms with Gasteiger partial charge in [0.2, 0.25) is 6.41 Å². The maximum Gasteiger partial charge on any atom is 0.207 e. The number of hydrogen-bond donors (Lipinski definition) is 1. The van der Waals surface area contributed by atoms with Crippen molar-refractivity contribution >= 4 is 6.41 Å². The van der Waals surface area contributed by atoms with Gasteiger partial charge in [0.25, 0.3) is 0 Å². The van der Waals surface area contributed by atoms with Crippen molar-refractivity contribution in [2.24, 2.45) is 0 Å². The lowest BCUT2D eigenvalue weighted by molar-refractivity contribution is -0.110. The van der Waals surface area contributed by atoms with E-state index in [9.17, 15) is 4.79 Å². The summed E-state index contributed by atoms with van der Waals surface area (Å²) in [5.41, 5.74) is 0. The zero-order valence-electron chi connectivity index (χ0n) is 7.29. The van der Waals surface area contributed by atoms with Crippen molar-refractivity contribution in [3.8, 4) is 0 Å². The molecular weight excluding hydrogens is 158 g/mol. The molecule has 0 aromatic carbocycles. The van der Waals surface area contributed by atoms with Crippen LogP contribution in [0.3, 0.4) is 0 Å². The monoisotopic (exact) mass is 173 g/mol. The molecule has 1 N–H and O–H groups in total. The lowest BCUT2D eigenvalue weighted by Gasteiger charge is -2.07. The van der Waals surface area contributed by atoms with E-state index in [0.717, 1.165) is 25.9 Å². The molecule has 0 aliphatic carbocycles. The van der Waals surface area contributed by atoms with E-state index in [4.69, 9.17) is 9.47 Å². The fourth-order valence-corrected chi connectivity index (χ4v) is 1.37. The fraction of sp³-hybridized carbons (Fsp3) is 0.875. The molecule has 2 atom stereocenters. The molecule has 0 saturated carbocycles. The van der Waals surface area contributed by atoms with Crippen molar-refractivity contribution in [1.29, 1.82) is 0 Å². The molecule has 1 saturated heterocycles. The average Bonchev–Trinajstić information content (AvgIpc) is 2.50. The second-order valence-corrected chi connectivity index (χ2v) is 2.95. The molecule has 1 amide bonds. The highest BCUT2D eigenvalue weighted by Crippen LogP contribution is 2.15. The summed E-state index contributed by atoms with van der Waals surface area (Å²) in [6, 6.07) is 0.198. The Morgan fingerprint density at radius 2 is 2.58 bits per heavy atom. The molecule has 1 aliphatic rings. The van der Waals surface area contributed by atoms with Gasteiger partial charge in [-0.1, -0.05) is 0 Å². The van der Waals surface area contributed by atoms with E-state index in [1.54, 1.807) is 7.11 Å². The van der Waals surface area contributed by atoms with Crippen LogP contribution in [0.25, 0.3) is 0 Å². The molecule has 12 heavy (non-hydrogen) atoms.